The van der Waals surface area contributed by atoms with Gasteiger partial charge in [0.25, 0.3) is 5.91 Å². The SMILES string of the molecule is COC(=O)c1c(NC(=O)c2nn(-c3ccccc3)nc2C)sc(C)c1C. The number of nitrogens with one attached hydrogen (secondary N) is 1. The van der Waals surface area contributed by atoms with Gasteiger partial charge in [0, 0.05) is 4.88 Å². The first kappa shape index (κ1) is 17.8. The lowest BCUT2D eigenvalue weighted by Gasteiger charge is -2.05. The number of nitrogens with zero attached hydrogens (tertiary/aromatic N) is 3. The predicted octanol–water partition coefficient (Wildman–Crippen LogP) is 3.29. The molecule has 1 amide bonds. The number of thiophene rings is 1. The summed E-state index contributed by atoms with van der Waals surface area (Å²) in [7, 11) is 1.32. The molecule has 26 heavy (non-hydrogen) atoms. The number of carbonyl (C=O) groups is 2. The first-order valence-corrected chi connectivity index (χ1v) is 8.73. The van der Waals surface area contributed by atoms with Crippen LogP contribution in [0.3, 0.4) is 0 Å². The van der Waals surface area contributed by atoms with Crippen LogP contribution in [0.15, 0.2) is 30.3 Å². The molecule has 3 aromatic rings. The number of benzene rings is 1. The van der Waals surface area contributed by atoms with Gasteiger partial charge < -0.3 is 10.1 Å². The molecule has 0 spiro atoms. The number of aryl methyl sites for hydroxylation is 2. The molecule has 0 aliphatic rings. The summed E-state index contributed by atoms with van der Waals surface area (Å²) >= 11 is 1.33. The number of aromatic nitrogens is 3. The highest BCUT2D eigenvalue weighted by molar-refractivity contribution is 7.16. The summed E-state index contributed by atoms with van der Waals surface area (Å²) in [4.78, 5) is 27.1. The lowest BCUT2D eigenvalue weighted by Crippen LogP contribution is -2.16. The molecule has 1 aromatic carbocycles. The van der Waals surface area contributed by atoms with E-state index in [4.69, 9.17) is 4.74 Å². The van der Waals surface area contributed by atoms with Crippen molar-refractivity contribution in [2.45, 2.75) is 20.8 Å². The van der Waals surface area contributed by atoms with Crippen LogP contribution >= 0.6 is 11.3 Å². The lowest BCUT2D eigenvalue weighted by atomic mass is 10.1. The molecule has 0 aliphatic carbocycles. The minimum atomic E-state index is -0.480. The molecule has 0 radical (unpaired) electrons. The van der Waals surface area contributed by atoms with Crippen molar-refractivity contribution < 1.29 is 14.3 Å². The molecule has 0 saturated heterocycles. The van der Waals surface area contributed by atoms with Crippen LogP contribution in [-0.4, -0.2) is 34.0 Å². The van der Waals surface area contributed by atoms with Crippen molar-refractivity contribution in [1.29, 1.82) is 0 Å². The van der Waals surface area contributed by atoms with Gasteiger partial charge in [0.1, 0.15) is 5.00 Å². The third-order valence-electron chi connectivity index (χ3n) is 3.99. The molecule has 2 heterocycles. The Kier molecular flexibility index (Phi) is 4.85. The first-order chi connectivity index (χ1) is 12.4. The zero-order valence-corrected chi connectivity index (χ0v) is 15.7. The Bertz CT molecular complexity index is 976. The van der Waals surface area contributed by atoms with Crippen molar-refractivity contribution in [3.8, 4) is 5.69 Å². The Morgan fingerprint density at radius 1 is 1.12 bits per heavy atom. The van der Waals surface area contributed by atoms with Gasteiger partial charge in [-0.25, -0.2) is 4.79 Å². The van der Waals surface area contributed by atoms with Crippen LogP contribution in [0.25, 0.3) is 5.69 Å². The molecular formula is C18H18N4O3S. The maximum Gasteiger partial charge on any atom is 0.341 e. The molecule has 0 aliphatic heterocycles. The smallest absolute Gasteiger partial charge is 0.341 e. The monoisotopic (exact) mass is 370 g/mol. The van der Waals surface area contributed by atoms with Crippen LogP contribution in [-0.2, 0) is 4.74 Å². The topological polar surface area (TPSA) is 86.1 Å². The molecular weight excluding hydrogens is 352 g/mol. The maximum atomic E-state index is 12.7. The van der Waals surface area contributed by atoms with Crippen molar-refractivity contribution in [3.63, 3.8) is 0 Å². The predicted molar refractivity (Wildman–Crippen MR) is 99.2 cm³/mol. The van der Waals surface area contributed by atoms with E-state index >= 15 is 0 Å². The third kappa shape index (κ3) is 3.23. The summed E-state index contributed by atoms with van der Waals surface area (Å²) in [5, 5.41) is 11.8. The number of amides is 1. The van der Waals surface area contributed by atoms with Gasteiger partial charge in [-0.2, -0.15) is 9.90 Å². The third-order valence-corrected chi connectivity index (χ3v) is 5.11. The van der Waals surface area contributed by atoms with Crippen molar-refractivity contribution in [3.05, 3.63) is 57.7 Å². The highest BCUT2D eigenvalue weighted by Crippen LogP contribution is 2.33. The van der Waals surface area contributed by atoms with Gasteiger partial charge in [-0.05, 0) is 38.5 Å². The van der Waals surface area contributed by atoms with E-state index in [0.717, 1.165) is 16.1 Å². The second kappa shape index (κ2) is 7.09. The molecule has 0 atom stereocenters. The van der Waals surface area contributed by atoms with Gasteiger partial charge in [0.2, 0.25) is 0 Å². The van der Waals surface area contributed by atoms with E-state index in [0.29, 0.717) is 16.3 Å². The number of hydrogen-bond acceptors (Lipinski definition) is 6. The maximum absolute atomic E-state index is 12.7. The van der Waals surface area contributed by atoms with Crippen LogP contribution in [0.5, 0.6) is 0 Å². The Hall–Kier alpha value is -3.00. The van der Waals surface area contributed by atoms with E-state index in [2.05, 4.69) is 15.5 Å². The molecule has 1 N–H and O–H groups in total. The molecule has 0 bridgehead atoms. The first-order valence-electron chi connectivity index (χ1n) is 7.91. The van der Waals surface area contributed by atoms with Gasteiger partial charge in [-0.1, -0.05) is 18.2 Å². The molecule has 134 valence electrons. The lowest BCUT2D eigenvalue weighted by molar-refractivity contribution is 0.0601. The number of esters is 1. The van der Waals surface area contributed by atoms with Crippen LogP contribution in [0.1, 0.15) is 37.0 Å². The number of para-hydroxylation sites is 1. The molecule has 2 aromatic heterocycles. The normalized spacial score (nSPS) is 10.6. The van der Waals surface area contributed by atoms with Gasteiger partial charge >= 0.3 is 5.97 Å². The summed E-state index contributed by atoms with van der Waals surface area (Å²) in [5.41, 5.74) is 2.62. The molecule has 7 nitrogen and oxygen atoms in total. The summed E-state index contributed by atoms with van der Waals surface area (Å²) < 4.78 is 4.83. The van der Waals surface area contributed by atoms with E-state index in [1.165, 1.54) is 23.2 Å². The van der Waals surface area contributed by atoms with E-state index in [-0.39, 0.29) is 5.69 Å². The quantitative estimate of drug-likeness (QED) is 0.712. The molecule has 3 rings (SSSR count). The van der Waals surface area contributed by atoms with Crippen LogP contribution in [0, 0.1) is 20.8 Å². The Morgan fingerprint density at radius 2 is 1.81 bits per heavy atom. The fraction of sp³-hybridized carbons (Fsp3) is 0.222. The fourth-order valence-corrected chi connectivity index (χ4v) is 3.53. The summed E-state index contributed by atoms with van der Waals surface area (Å²) in [5.74, 6) is -0.900. The van der Waals surface area contributed by atoms with E-state index < -0.39 is 11.9 Å². The number of hydrogen-bond donors (Lipinski definition) is 1. The van der Waals surface area contributed by atoms with Gasteiger partial charge in [0.05, 0.1) is 24.1 Å². The number of ether oxygens (including phenoxy) is 1. The van der Waals surface area contributed by atoms with Crippen molar-refractivity contribution in [1.82, 2.24) is 15.0 Å². The van der Waals surface area contributed by atoms with E-state index in [1.54, 1.807) is 6.92 Å². The fourth-order valence-electron chi connectivity index (χ4n) is 2.49. The minimum absolute atomic E-state index is 0.202. The van der Waals surface area contributed by atoms with Crippen LogP contribution in [0.4, 0.5) is 5.00 Å². The van der Waals surface area contributed by atoms with Gasteiger partial charge in [0.15, 0.2) is 5.69 Å². The van der Waals surface area contributed by atoms with Gasteiger partial charge in [-0.3, -0.25) is 4.79 Å². The zero-order chi connectivity index (χ0) is 18.8. The highest BCUT2D eigenvalue weighted by Gasteiger charge is 2.24. The molecule has 0 saturated carbocycles. The van der Waals surface area contributed by atoms with Crippen molar-refractivity contribution >= 4 is 28.2 Å². The zero-order valence-electron chi connectivity index (χ0n) is 14.9. The minimum Gasteiger partial charge on any atom is -0.465 e. The van der Waals surface area contributed by atoms with Crippen LogP contribution in [0.2, 0.25) is 0 Å². The standard InChI is InChI=1S/C18H18N4O3S/c1-10-12(3)26-17(14(10)18(24)25-4)19-16(23)15-11(2)20-22(21-15)13-8-6-5-7-9-13/h5-9H,1-4H3,(H,19,23). The number of anilines is 1. The van der Waals surface area contributed by atoms with E-state index in [9.17, 15) is 9.59 Å². The van der Waals surface area contributed by atoms with Crippen molar-refractivity contribution in [2.24, 2.45) is 0 Å². The van der Waals surface area contributed by atoms with E-state index in [1.807, 2.05) is 44.2 Å². The second-order valence-electron chi connectivity index (χ2n) is 5.69. The Balaban J connectivity index is 1.91. The molecule has 0 fully saturated rings. The average Bonchev–Trinajstić information content (AvgIpc) is 3.15. The number of carbonyl (C=O) groups excluding carboxylic acids is 2. The average molecular weight is 370 g/mol. The Morgan fingerprint density at radius 3 is 2.46 bits per heavy atom. The van der Waals surface area contributed by atoms with Gasteiger partial charge in [-0.15, -0.1) is 16.4 Å². The Labute approximate surface area is 154 Å². The number of rotatable bonds is 4. The highest BCUT2D eigenvalue weighted by atomic mass is 32.1. The largest absolute Gasteiger partial charge is 0.465 e. The van der Waals surface area contributed by atoms with Crippen LogP contribution < -0.4 is 5.32 Å². The van der Waals surface area contributed by atoms with Crippen molar-refractivity contribution in [2.75, 3.05) is 12.4 Å². The second-order valence-corrected chi connectivity index (χ2v) is 6.92. The number of methoxy groups -OCH3 is 1. The summed E-state index contributed by atoms with van der Waals surface area (Å²) in [6.07, 6.45) is 0. The summed E-state index contributed by atoms with van der Waals surface area (Å²) in [6, 6.07) is 9.33. The molecule has 0 unspecified atom stereocenters. The molecule has 8 heteroatoms. The summed E-state index contributed by atoms with van der Waals surface area (Å²) in [6.45, 7) is 5.43.